The Hall–Kier alpha value is -2.27. The molecule has 2 aliphatic rings. The Bertz CT molecular complexity index is 898. The van der Waals surface area contributed by atoms with Gasteiger partial charge in [0.2, 0.25) is 0 Å². The molecule has 0 radical (unpaired) electrons. The number of carboxylic acid groups (broad SMARTS) is 1. The molecule has 1 fully saturated rings. The molecule has 3 N–H and O–H groups in total. The van der Waals surface area contributed by atoms with Gasteiger partial charge in [0.05, 0.1) is 6.04 Å². The lowest BCUT2D eigenvalue weighted by molar-refractivity contribution is -0.134. The molecule has 1 aromatic carbocycles. The Morgan fingerprint density at radius 2 is 2.19 bits per heavy atom. The van der Waals surface area contributed by atoms with Gasteiger partial charge in [-0.25, -0.2) is 4.79 Å². The highest BCUT2D eigenvalue weighted by Crippen LogP contribution is 2.46. The molecule has 5 nitrogen and oxygen atoms in total. The fourth-order valence-electron chi connectivity index (χ4n) is 5.21. The highest BCUT2D eigenvalue weighted by atomic mass is 16.4. The van der Waals surface area contributed by atoms with Gasteiger partial charge in [0, 0.05) is 35.3 Å². The summed E-state index contributed by atoms with van der Waals surface area (Å²) in [6, 6.07) is 5.80. The number of H-pyrrole nitrogens is 1. The molecule has 0 aliphatic carbocycles. The van der Waals surface area contributed by atoms with E-state index in [4.69, 9.17) is 0 Å². The summed E-state index contributed by atoms with van der Waals surface area (Å²) in [4.78, 5) is 18.0. The van der Waals surface area contributed by atoms with Gasteiger partial charge in [-0.15, -0.1) is 0 Å². The molecule has 3 heterocycles. The lowest BCUT2D eigenvalue weighted by Crippen LogP contribution is -2.46. The average Bonchev–Trinajstić information content (AvgIpc) is 3.05. The number of aromatic nitrogens is 1. The van der Waals surface area contributed by atoms with Crippen molar-refractivity contribution in [3.63, 3.8) is 0 Å². The number of carboxylic acids is 1. The standard InChI is InChI=1S/C22H28N2O3/c1-3-6-14(22(26)27)16-11-18-21-15(9-10-24(18)12-13(16)4-2)20-17(23-21)7-5-8-19(20)25/h5-8,13,16,18,23,25H,3-4,9-12H2,1-2H3,(H,26,27)/t13-,16+,18+/m1/s1. The van der Waals surface area contributed by atoms with E-state index in [1.807, 2.05) is 25.1 Å². The fourth-order valence-corrected chi connectivity index (χ4v) is 5.21. The van der Waals surface area contributed by atoms with Gasteiger partial charge in [0.15, 0.2) is 0 Å². The Balaban J connectivity index is 1.76. The molecule has 1 saturated heterocycles. The van der Waals surface area contributed by atoms with Crippen molar-refractivity contribution >= 4 is 16.9 Å². The first kappa shape index (κ1) is 18.1. The van der Waals surface area contributed by atoms with Crippen LogP contribution in [0.2, 0.25) is 0 Å². The predicted molar refractivity (Wildman–Crippen MR) is 106 cm³/mol. The van der Waals surface area contributed by atoms with E-state index in [-0.39, 0.29) is 12.0 Å². The van der Waals surface area contributed by atoms with Crippen LogP contribution in [0.5, 0.6) is 5.75 Å². The number of aliphatic carboxylic acids is 1. The third-order valence-electron chi connectivity index (χ3n) is 6.47. The van der Waals surface area contributed by atoms with E-state index in [9.17, 15) is 15.0 Å². The second-order valence-electron chi connectivity index (χ2n) is 7.86. The number of fused-ring (bicyclic) bond motifs is 5. The van der Waals surface area contributed by atoms with Crippen molar-refractivity contribution in [2.45, 2.75) is 45.6 Å². The predicted octanol–water partition coefficient (Wildman–Crippen LogP) is 4.24. The molecule has 0 spiro atoms. The van der Waals surface area contributed by atoms with Crippen molar-refractivity contribution in [2.24, 2.45) is 11.8 Å². The van der Waals surface area contributed by atoms with Gasteiger partial charge < -0.3 is 15.2 Å². The Labute approximate surface area is 159 Å². The van der Waals surface area contributed by atoms with Crippen LogP contribution >= 0.6 is 0 Å². The quantitative estimate of drug-likeness (QED) is 0.706. The molecule has 144 valence electrons. The van der Waals surface area contributed by atoms with Gasteiger partial charge in [-0.1, -0.05) is 32.4 Å². The van der Waals surface area contributed by atoms with Gasteiger partial charge >= 0.3 is 5.97 Å². The van der Waals surface area contributed by atoms with Crippen LogP contribution in [0.1, 0.15) is 50.4 Å². The normalized spacial score (nSPS) is 26.0. The third-order valence-corrected chi connectivity index (χ3v) is 6.47. The Morgan fingerprint density at radius 3 is 2.89 bits per heavy atom. The maximum atomic E-state index is 11.9. The number of nitrogens with zero attached hydrogens (tertiary/aromatic N) is 1. The third kappa shape index (κ3) is 2.94. The van der Waals surface area contributed by atoms with E-state index < -0.39 is 5.97 Å². The molecular formula is C22H28N2O3. The number of carbonyl (C=O) groups is 1. The Morgan fingerprint density at radius 1 is 1.37 bits per heavy atom. The number of hydrogen-bond donors (Lipinski definition) is 3. The van der Waals surface area contributed by atoms with Crippen LogP contribution in [0, 0.1) is 11.8 Å². The zero-order chi connectivity index (χ0) is 19.1. The topological polar surface area (TPSA) is 76.6 Å². The number of nitrogens with one attached hydrogen (secondary N) is 1. The molecule has 1 aromatic heterocycles. The summed E-state index contributed by atoms with van der Waals surface area (Å²) >= 11 is 0. The van der Waals surface area contributed by atoms with Crippen LogP contribution in [0.25, 0.3) is 10.9 Å². The number of piperidine rings is 1. The molecule has 2 aromatic rings. The number of phenolic OH excluding ortho intramolecular Hbond substituents is 1. The number of aromatic amines is 1. The minimum Gasteiger partial charge on any atom is -0.507 e. The molecular weight excluding hydrogens is 340 g/mol. The smallest absolute Gasteiger partial charge is 0.331 e. The summed E-state index contributed by atoms with van der Waals surface area (Å²) in [6.07, 6.45) is 5.36. The van der Waals surface area contributed by atoms with Crippen molar-refractivity contribution in [2.75, 3.05) is 13.1 Å². The first-order chi connectivity index (χ1) is 13.0. The fraction of sp³-hybridized carbons (Fsp3) is 0.500. The monoisotopic (exact) mass is 368 g/mol. The first-order valence-corrected chi connectivity index (χ1v) is 10.0. The van der Waals surface area contributed by atoms with Crippen LogP contribution in [0.15, 0.2) is 29.8 Å². The van der Waals surface area contributed by atoms with E-state index in [1.54, 1.807) is 6.07 Å². The van der Waals surface area contributed by atoms with Crippen LogP contribution in [0.3, 0.4) is 0 Å². The molecule has 0 saturated carbocycles. The van der Waals surface area contributed by atoms with Crippen LogP contribution in [-0.2, 0) is 11.2 Å². The summed E-state index contributed by atoms with van der Waals surface area (Å²) in [5.74, 6) is -0.0115. The lowest BCUT2D eigenvalue weighted by Gasteiger charge is -2.46. The number of hydrogen-bond acceptors (Lipinski definition) is 3. The molecule has 5 heteroatoms. The SMILES string of the molecule is CCC=C(C(=O)O)[C@H]1C[C@H]2c3[nH]c4cccc(O)c4c3CCN2C[C@H]1CC. The number of rotatable bonds is 4. The molecule has 0 bridgehead atoms. The first-order valence-electron chi connectivity index (χ1n) is 10.0. The number of aromatic hydroxyl groups is 1. The number of phenols is 1. The summed E-state index contributed by atoms with van der Waals surface area (Å²) in [7, 11) is 0. The summed E-state index contributed by atoms with van der Waals surface area (Å²) in [6.45, 7) is 6.06. The molecule has 4 rings (SSSR count). The maximum absolute atomic E-state index is 11.9. The minimum absolute atomic E-state index is 0.0691. The highest BCUT2D eigenvalue weighted by Gasteiger charge is 2.42. The van der Waals surface area contributed by atoms with Crippen molar-refractivity contribution in [1.29, 1.82) is 0 Å². The van der Waals surface area contributed by atoms with E-state index in [0.717, 1.165) is 49.7 Å². The van der Waals surface area contributed by atoms with E-state index in [0.29, 0.717) is 17.2 Å². The van der Waals surface area contributed by atoms with E-state index >= 15 is 0 Å². The summed E-state index contributed by atoms with van der Waals surface area (Å²) in [5.41, 5.74) is 3.92. The zero-order valence-electron chi connectivity index (χ0n) is 16.0. The lowest BCUT2D eigenvalue weighted by atomic mass is 9.73. The molecule has 2 aliphatic heterocycles. The van der Waals surface area contributed by atoms with Crippen LogP contribution < -0.4 is 0 Å². The largest absolute Gasteiger partial charge is 0.507 e. The van der Waals surface area contributed by atoms with Gasteiger partial charge in [0.1, 0.15) is 5.75 Å². The van der Waals surface area contributed by atoms with Crippen LogP contribution in [-0.4, -0.2) is 39.2 Å². The second kappa shape index (κ2) is 7.04. The number of benzene rings is 1. The second-order valence-corrected chi connectivity index (χ2v) is 7.86. The Kier molecular flexibility index (Phi) is 4.72. The molecule has 0 unspecified atom stereocenters. The summed E-state index contributed by atoms with van der Waals surface area (Å²) < 4.78 is 0. The maximum Gasteiger partial charge on any atom is 0.331 e. The van der Waals surface area contributed by atoms with Crippen LogP contribution in [0.4, 0.5) is 0 Å². The van der Waals surface area contributed by atoms with Crippen molar-refractivity contribution in [3.8, 4) is 5.75 Å². The van der Waals surface area contributed by atoms with Gasteiger partial charge in [-0.05, 0) is 48.8 Å². The van der Waals surface area contributed by atoms with Gasteiger partial charge in [0.25, 0.3) is 0 Å². The highest BCUT2D eigenvalue weighted by molar-refractivity contribution is 5.91. The zero-order valence-corrected chi connectivity index (χ0v) is 16.0. The van der Waals surface area contributed by atoms with Gasteiger partial charge in [-0.2, -0.15) is 0 Å². The molecule has 3 atom stereocenters. The van der Waals surface area contributed by atoms with Crippen molar-refractivity contribution < 1.29 is 15.0 Å². The van der Waals surface area contributed by atoms with Crippen molar-refractivity contribution in [1.82, 2.24) is 9.88 Å². The van der Waals surface area contributed by atoms with Crippen molar-refractivity contribution in [3.05, 3.63) is 41.1 Å². The average molecular weight is 368 g/mol. The van der Waals surface area contributed by atoms with Gasteiger partial charge in [-0.3, -0.25) is 4.90 Å². The molecule has 0 amide bonds. The van der Waals surface area contributed by atoms with E-state index in [2.05, 4.69) is 16.8 Å². The number of allylic oxidation sites excluding steroid dienone is 1. The minimum atomic E-state index is -0.779. The molecule has 27 heavy (non-hydrogen) atoms. The summed E-state index contributed by atoms with van der Waals surface area (Å²) in [5, 5.41) is 21.1. The van der Waals surface area contributed by atoms with E-state index in [1.165, 1.54) is 11.3 Å².